The van der Waals surface area contributed by atoms with Crippen molar-refractivity contribution in [1.82, 2.24) is 10.6 Å². The molecule has 0 spiro atoms. The van der Waals surface area contributed by atoms with Gasteiger partial charge in [0.25, 0.3) is 5.91 Å². The summed E-state index contributed by atoms with van der Waals surface area (Å²) in [6.07, 6.45) is 1.04. The van der Waals surface area contributed by atoms with Gasteiger partial charge in [-0.3, -0.25) is 4.79 Å². The Balaban J connectivity index is 2.08. The summed E-state index contributed by atoms with van der Waals surface area (Å²) in [4.78, 5) is 12.5. The minimum atomic E-state index is -3.30. The first-order chi connectivity index (χ1) is 10.3. The van der Waals surface area contributed by atoms with Crippen molar-refractivity contribution >= 4 is 15.7 Å². The molecule has 1 saturated heterocycles. The lowest BCUT2D eigenvalue weighted by Gasteiger charge is -2.30. The van der Waals surface area contributed by atoms with Gasteiger partial charge in [0.15, 0.2) is 9.84 Å². The first kappa shape index (κ1) is 17.0. The fraction of sp³-hybridized carbons (Fsp3) is 0.562. The van der Waals surface area contributed by atoms with Gasteiger partial charge in [0.1, 0.15) is 0 Å². The van der Waals surface area contributed by atoms with Crippen molar-refractivity contribution in [3.63, 3.8) is 0 Å². The second-order valence-corrected chi connectivity index (χ2v) is 8.67. The Kier molecular flexibility index (Phi) is 5.24. The number of carbonyl (C=O) groups is 1. The number of rotatable bonds is 4. The van der Waals surface area contributed by atoms with Gasteiger partial charge >= 0.3 is 0 Å². The lowest BCUT2D eigenvalue weighted by atomic mass is 9.94. The Hall–Kier alpha value is -1.40. The maximum absolute atomic E-state index is 12.3. The summed E-state index contributed by atoms with van der Waals surface area (Å²) in [5, 5.41) is 5.81. The number of hydrogen-bond acceptors (Lipinski definition) is 4. The maximum Gasteiger partial charge on any atom is 0.251 e. The van der Waals surface area contributed by atoms with Crippen molar-refractivity contribution in [1.29, 1.82) is 0 Å². The smallest absolute Gasteiger partial charge is 0.251 e. The molecule has 1 amide bonds. The van der Waals surface area contributed by atoms with Crippen molar-refractivity contribution < 1.29 is 13.2 Å². The van der Waals surface area contributed by atoms with Gasteiger partial charge in [-0.1, -0.05) is 6.92 Å². The summed E-state index contributed by atoms with van der Waals surface area (Å²) >= 11 is 0. The molecule has 1 aromatic rings. The Morgan fingerprint density at radius 3 is 2.45 bits per heavy atom. The first-order valence-electron chi connectivity index (χ1n) is 7.68. The molecule has 0 bridgehead atoms. The second-order valence-electron chi connectivity index (χ2n) is 6.17. The van der Waals surface area contributed by atoms with E-state index in [-0.39, 0.29) is 16.8 Å². The molecule has 5 nitrogen and oxygen atoms in total. The number of sulfone groups is 1. The Bertz CT molecular complexity index is 623. The molecule has 2 unspecified atom stereocenters. The van der Waals surface area contributed by atoms with Crippen molar-refractivity contribution in [2.24, 2.45) is 5.92 Å². The number of amides is 1. The van der Waals surface area contributed by atoms with Crippen LogP contribution in [0.2, 0.25) is 0 Å². The molecular weight excluding hydrogens is 300 g/mol. The van der Waals surface area contributed by atoms with Crippen LogP contribution >= 0.6 is 0 Å². The molecule has 122 valence electrons. The number of hydrogen-bond donors (Lipinski definition) is 2. The third-order valence-corrected chi connectivity index (χ3v) is 6.38. The van der Waals surface area contributed by atoms with Gasteiger partial charge in [-0.05, 0) is 57.0 Å². The predicted octanol–water partition coefficient (Wildman–Crippen LogP) is 1.60. The van der Waals surface area contributed by atoms with Gasteiger partial charge in [0.2, 0.25) is 0 Å². The zero-order chi connectivity index (χ0) is 16.3. The lowest BCUT2D eigenvalue weighted by molar-refractivity contribution is 0.0915. The van der Waals surface area contributed by atoms with E-state index >= 15 is 0 Å². The lowest BCUT2D eigenvalue weighted by Crippen LogP contribution is -2.50. The Labute approximate surface area is 132 Å². The van der Waals surface area contributed by atoms with Crippen molar-refractivity contribution in [2.75, 3.05) is 13.1 Å². The van der Waals surface area contributed by atoms with Gasteiger partial charge in [-0.25, -0.2) is 8.42 Å². The van der Waals surface area contributed by atoms with Crippen LogP contribution in [0.15, 0.2) is 29.2 Å². The molecule has 22 heavy (non-hydrogen) atoms. The van der Waals surface area contributed by atoms with Crippen molar-refractivity contribution in [3.05, 3.63) is 29.8 Å². The molecule has 0 aromatic heterocycles. The third kappa shape index (κ3) is 3.67. The molecule has 1 fully saturated rings. The van der Waals surface area contributed by atoms with Crippen LogP contribution < -0.4 is 10.6 Å². The third-order valence-electron chi connectivity index (χ3n) is 4.21. The highest BCUT2D eigenvalue weighted by molar-refractivity contribution is 7.92. The zero-order valence-corrected chi connectivity index (χ0v) is 14.1. The molecule has 1 heterocycles. The molecule has 2 rings (SSSR count). The quantitative estimate of drug-likeness (QED) is 0.882. The molecule has 0 aliphatic carbocycles. The van der Waals surface area contributed by atoms with Crippen LogP contribution in [0, 0.1) is 5.92 Å². The highest BCUT2D eigenvalue weighted by atomic mass is 32.2. The SMILES string of the molecule is CC1CCNCC1NC(=O)c1ccc(S(=O)(=O)C(C)C)cc1. The van der Waals surface area contributed by atoms with Gasteiger partial charge < -0.3 is 10.6 Å². The van der Waals surface area contributed by atoms with E-state index < -0.39 is 15.1 Å². The monoisotopic (exact) mass is 324 g/mol. The van der Waals surface area contributed by atoms with Gasteiger partial charge in [0.05, 0.1) is 10.1 Å². The Morgan fingerprint density at radius 1 is 1.27 bits per heavy atom. The fourth-order valence-corrected chi connectivity index (χ4v) is 3.56. The molecule has 1 aliphatic rings. The van der Waals surface area contributed by atoms with Crippen LogP contribution in [0.25, 0.3) is 0 Å². The first-order valence-corrected chi connectivity index (χ1v) is 9.22. The predicted molar refractivity (Wildman–Crippen MR) is 86.7 cm³/mol. The van der Waals surface area contributed by atoms with E-state index in [1.165, 1.54) is 12.1 Å². The molecular formula is C16H24N2O3S. The average Bonchev–Trinajstić information content (AvgIpc) is 2.49. The van der Waals surface area contributed by atoms with E-state index in [1.54, 1.807) is 26.0 Å². The van der Waals surface area contributed by atoms with Crippen LogP contribution in [0.1, 0.15) is 37.6 Å². The van der Waals surface area contributed by atoms with E-state index in [2.05, 4.69) is 17.6 Å². The van der Waals surface area contributed by atoms with Crippen LogP contribution in [-0.2, 0) is 9.84 Å². The minimum Gasteiger partial charge on any atom is -0.348 e. The summed E-state index contributed by atoms with van der Waals surface area (Å²) in [6, 6.07) is 6.27. The van der Waals surface area contributed by atoms with Crippen LogP contribution in [0.3, 0.4) is 0 Å². The van der Waals surface area contributed by atoms with Crippen LogP contribution in [0.4, 0.5) is 0 Å². The van der Waals surface area contributed by atoms with Gasteiger partial charge in [-0.2, -0.15) is 0 Å². The molecule has 2 N–H and O–H groups in total. The summed E-state index contributed by atoms with van der Waals surface area (Å²) in [5.41, 5.74) is 0.487. The second kappa shape index (κ2) is 6.79. The molecule has 0 radical (unpaired) electrons. The van der Waals surface area contributed by atoms with E-state index in [0.717, 1.165) is 19.5 Å². The molecule has 1 aliphatic heterocycles. The highest BCUT2D eigenvalue weighted by Gasteiger charge is 2.23. The molecule has 2 atom stereocenters. The molecule has 1 aromatic carbocycles. The van der Waals surface area contributed by atoms with E-state index in [0.29, 0.717) is 11.5 Å². The van der Waals surface area contributed by atoms with Crippen molar-refractivity contribution in [3.8, 4) is 0 Å². The topological polar surface area (TPSA) is 75.3 Å². The minimum absolute atomic E-state index is 0.111. The van der Waals surface area contributed by atoms with E-state index in [9.17, 15) is 13.2 Å². The number of nitrogens with one attached hydrogen (secondary N) is 2. The maximum atomic E-state index is 12.3. The number of piperidine rings is 1. The van der Waals surface area contributed by atoms with Crippen LogP contribution in [-0.4, -0.2) is 38.7 Å². The largest absolute Gasteiger partial charge is 0.348 e. The summed E-state index contributed by atoms with van der Waals surface area (Å²) in [6.45, 7) is 7.17. The average molecular weight is 324 g/mol. The number of carbonyl (C=O) groups excluding carboxylic acids is 1. The normalized spacial score (nSPS) is 22.5. The van der Waals surface area contributed by atoms with Gasteiger partial charge in [0, 0.05) is 18.2 Å². The molecule has 6 heteroatoms. The molecule has 0 saturated carbocycles. The number of benzene rings is 1. The summed E-state index contributed by atoms with van der Waals surface area (Å²) < 4.78 is 24.1. The highest BCUT2D eigenvalue weighted by Crippen LogP contribution is 2.17. The standard InChI is InChI=1S/C16H24N2O3S/c1-11(2)22(20,21)14-6-4-13(5-7-14)16(19)18-15-10-17-9-8-12(15)3/h4-7,11-12,15,17H,8-10H2,1-3H3,(H,18,19). The van der Waals surface area contributed by atoms with E-state index in [4.69, 9.17) is 0 Å². The van der Waals surface area contributed by atoms with Crippen molar-refractivity contribution in [2.45, 2.75) is 43.4 Å². The fourth-order valence-electron chi connectivity index (χ4n) is 2.50. The zero-order valence-electron chi connectivity index (χ0n) is 13.3. The van der Waals surface area contributed by atoms with E-state index in [1.807, 2.05) is 0 Å². The van der Waals surface area contributed by atoms with Crippen LogP contribution in [0.5, 0.6) is 0 Å². The Morgan fingerprint density at radius 2 is 1.91 bits per heavy atom. The summed E-state index contributed by atoms with van der Waals surface area (Å²) in [7, 11) is -3.30. The van der Waals surface area contributed by atoms with Gasteiger partial charge in [-0.15, -0.1) is 0 Å². The summed E-state index contributed by atoms with van der Waals surface area (Å²) in [5.74, 6) is 0.278.